The van der Waals surface area contributed by atoms with Crippen LogP contribution in [-0.4, -0.2) is 37.8 Å². The van der Waals surface area contributed by atoms with E-state index >= 15 is 0 Å². The average Bonchev–Trinajstić information content (AvgIpc) is 3.14. The van der Waals surface area contributed by atoms with Gasteiger partial charge in [0, 0.05) is 10.4 Å². The molecular formula is C18H12ClNO6S. The van der Waals surface area contributed by atoms with E-state index in [9.17, 15) is 18.0 Å². The molecule has 9 heteroatoms. The van der Waals surface area contributed by atoms with E-state index in [1.54, 1.807) is 30.3 Å². The second kappa shape index (κ2) is 6.40. The molecule has 138 valence electrons. The van der Waals surface area contributed by atoms with Gasteiger partial charge in [0.05, 0.1) is 12.1 Å². The number of furan rings is 1. The van der Waals surface area contributed by atoms with Crippen molar-refractivity contribution in [2.24, 2.45) is 0 Å². The lowest BCUT2D eigenvalue weighted by molar-refractivity contribution is 0.0446. The summed E-state index contributed by atoms with van der Waals surface area (Å²) >= 11 is 5.89. The molecule has 1 aliphatic heterocycles. The molecule has 0 aliphatic carbocycles. The number of sulfonamides is 1. The number of esters is 1. The predicted molar refractivity (Wildman–Crippen MR) is 96.2 cm³/mol. The van der Waals surface area contributed by atoms with Crippen molar-refractivity contribution in [1.82, 2.24) is 4.31 Å². The van der Waals surface area contributed by atoms with Crippen LogP contribution in [0, 0.1) is 0 Å². The molecule has 0 N–H and O–H groups in total. The van der Waals surface area contributed by atoms with E-state index in [2.05, 4.69) is 0 Å². The van der Waals surface area contributed by atoms with Crippen molar-refractivity contribution in [1.29, 1.82) is 0 Å². The summed E-state index contributed by atoms with van der Waals surface area (Å²) in [6, 6.07) is 12.3. The maximum absolute atomic E-state index is 12.4. The largest absolute Gasteiger partial charge is 0.458 e. The van der Waals surface area contributed by atoms with Crippen molar-refractivity contribution in [2.45, 2.75) is 4.90 Å². The molecule has 0 radical (unpaired) electrons. The third-order valence-corrected chi connectivity index (χ3v) is 6.19. The standard InChI is InChI=1S/C18H12ClNO6S/c19-12-5-6-14-11(9-12)10-15(26-14)18(22)25-8-7-20-17(21)13-3-1-2-4-16(13)27(20,23)24/h1-6,9-10H,7-8H2. The van der Waals surface area contributed by atoms with Gasteiger partial charge in [-0.05, 0) is 36.4 Å². The SMILES string of the molecule is O=C(OCCN1C(=O)c2ccccc2S1(=O)=O)c1cc2cc(Cl)ccc2o1. The molecule has 0 spiro atoms. The zero-order chi connectivity index (χ0) is 19.2. The van der Waals surface area contributed by atoms with Gasteiger partial charge in [-0.1, -0.05) is 23.7 Å². The van der Waals surface area contributed by atoms with Crippen LogP contribution in [0.3, 0.4) is 0 Å². The predicted octanol–water partition coefficient (Wildman–Crippen LogP) is 3.09. The number of carbonyl (C=O) groups excluding carboxylic acids is 2. The molecule has 27 heavy (non-hydrogen) atoms. The molecule has 0 bridgehead atoms. The number of halogens is 1. The van der Waals surface area contributed by atoms with Crippen LogP contribution in [0.4, 0.5) is 0 Å². The summed E-state index contributed by atoms with van der Waals surface area (Å²) in [6.07, 6.45) is 0. The van der Waals surface area contributed by atoms with E-state index in [0.717, 1.165) is 0 Å². The van der Waals surface area contributed by atoms with Crippen LogP contribution < -0.4 is 0 Å². The number of fused-ring (bicyclic) bond motifs is 2. The Labute approximate surface area is 159 Å². The van der Waals surface area contributed by atoms with Gasteiger partial charge in [0.15, 0.2) is 0 Å². The number of carbonyl (C=O) groups is 2. The van der Waals surface area contributed by atoms with Crippen molar-refractivity contribution in [2.75, 3.05) is 13.2 Å². The molecule has 1 aromatic heterocycles. The average molecular weight is 406 g/mol. The highest BCUT2D eigenvalue weighted by Crippen LogP contribution is 2.29. The van der Waals surface area contributed by atoms with Crippen molar-refractivity contribution in [3.8, 4) is 0 Å². The monoisotopic (exact) mass is 405 g/mol. The first kappa shape index (κ1) is 17.6. The first-order valence-electron chi connectivity index (χ1n) is 7.90. The minimum Gasteiger partial charge on any atom is -0.458 e. The van der Waals surface area contributed by atoms with Crippen molar-refractivity contribution in [3.05, 3.63) is 64.9 Å². The fourth-order valence-electron chi connectivity index (χ4n) is 2.86. The lowest BCUT2D eigenvalue weighted by Crippen LogP contribution is -2.33. The van der Waals surface area contributed by atoms with Gasteiger partial charge < -0.3 is 9.15 Å². The minimum atomic E-state index is -3.93. The smallest absolute Gasteiger partial charge is 0.374 e. The molecule has 0 saturated heterocycles. The quantitative estimate of drug-likeness (QED) is 0.619. The molecule has 3 aromatic rings. The highest BCUT2D eigenvalue weighted by molar-refractivity contribution is 7.90. The molecule has 2 heterocycles. The van der Waals surface area contributed by atoms with E-state index in [1.165, 1.54) is 18.2 Å². The highest BCUT2D eigenvalue weighted by atomic mass is 35.5. The van der Waals surface area contributed by atoms with Gasteiger partial charge in [-0.15, -0.1) is 0 Å². The van der Waals surface area contributed by atoms with E-state index in [0.29, 0.717) is 20.3 Å². The zero-order valence-electron chi connectivity index (χ0n) is 13.7. The van der Waals surface area contributed by atoms with Crippen molar-refractivity contribution >= 4 is 44.5 Å². The third kappa shape index (κ3) is 2.96. The summed E-state index contributed by atoms with van der Waals surface area (Å²) < 4.78 is 36.0. The Morgan fingerprint density at radius 2 is 1.93 bits per heavy atom. The maximum Gasteiger partial charge on any atom is 0.374 e. The fourth-order valence-corrected chi connectivity index (χ4v) is 4.59. The number of nitrogens with zero attached hydrogens (tertiary/aromatic N) is 1. The molecule has 1 amide bonds. The fraction of sp³-hybridized carbons (Fsp3) is 0.111. The lowest BCUT2D eigenvalue weighted by atomic mass is 10.2. The van der Waals surface area contributed by atoms with E-state index in [4.69, 9.17) is 20.8 Å². The third-order valence-electron chi connectivity index (χ3n) is 4.12. The summed E-state index contributed by atoms with van der Waals surface area (Å²) in [5.41, 5.74) is 0.581. The molecule has 1 aliphatic rings. The Bertz CT molecular complexity index is 1180. The Balaban J connectivity index is 1.45. The van der Waals surface area contributed by atoms with Crippen LogP contribution in [0.2, 0.25) is 5.02 Å². The molecule has 0 atom stereocenters. The van der Waals surface area contributed by atoms with Crippen molar-refractivity contribution < 1.29 is 27.2 Å². The first-order valence-corrected chi connectivity index (χ1v) is 9.72. The first-order chi connectivity index (χ1) is 12.9. The van der Waals surface area contributed by atoms with Gasteiger partial charge in [0.25, 0.3) is 15.9 Å². The summed E-state index contributed by atoms with van der Waals surface area (Å²) in [5, 5.41) is 1.14. The second-order valence-corrected chi connectivity index (χ2v) is 8.07. The molecule has 7 nitrogen and oxygen atoms in total. The topological polar surface area (TPSA) is 93.9 Å². The van der Waals surface area contributed by atoms with Gasteiger partial charge in [0.2, 0.25) is 5.76 Å². The number of benzene rings is 2. The molecule has 2 aromatic carbocycles. The molecule has 0 unspecified atom stereocenters. The number of hydrogen-bond acceptors (Lipinski definition) is 6. The molecule has 4 rings (SSSR count). The van der Waals surface area contributed by atoms with Crippen LogP contribution >= 0.6 is 11.6 Å². The maximum atomic E-state index is 12.4. The summed E-state index contributed by atoms with van der Waals surface area (Å²) in [7, 11) is -3.93. The summed E-state index contributed by atoms with van der Waals surface area (Å²) in [5.74, 6) is -1.44. The van der Waals surface area contributed by atoms with Gasteiger partial charge >= 0.3 is 5.97 Å². The van der Waals surface area contributed by atoms with Crippen LogP contribution in [0.15, 0.2) is 57.8 Å². The lowest BCUT2D eigenvalue weighted by Gasteiger charge is -2.14. The normalized spacial score (nSPS) is 15.1. The highest BCUT2D eigenvalue weighted by Gasteiger charge is 2.40. The van der Waals surface area contributed by atoms with Crippen molar-refractivity contribution in [3.63, 3.8) is 0 Å². The van der Waals surface area contributed by atoms with Gasteiger partial charge in [-0.2, -0.15) is 0 Å². The summed E-state index contributed by atoms with van der Waals surface area (Å²) in [4.78, 5) is 24.4. The number of amides is 1. The van der Waals surface area contributed by atoms with Crippen LogP contribution in [0.25, 0.3) is 11.0 Å². The van der Waals surface area contributed by atoms with Crippen LogP contribution in [-0.2, 0) is 14.8 Å². The summed E-state index contributed by atoms with van der Waals surface area (Å²) in [6.45, 7) is -0.580. The van der Waals surface area contributed by atoms with E-state index < -0.39 is 21.9 Å². The van der Waals surface area contributed by atoms with E-state index in [1.807, 2.05) is 0 Å². The van der Waals surface area contributed by atoms with E-state index in [-0.39, 0.29) is 29.4 Å². The van der Waals surface area contributed by atoms with Gasteiger partial charge in [-0.25, -0.2) is 17.5 Å². The molecular weight excluding hydrogens is 394 g/mol. The Morgan fingerprint density at radius 1 is 1.15 bits per heavy atom. The molecule has 0 fully saturated rings. The number of hydrogen-bond donors (Lipinski definition) is 0. The van der Waals surface area contributed by atoms with Crippen LogP contribution in [0.5, 0.6) is 0 Å². The number of ether oxygens (including phenoxy) is 1. The van der Waals surface area contributed by atoms with Crippen LogP contribution in [0.1, 0.15) is 20.9 Å². The van der Waals surface area contributed by atoms with Gasteiger partial charge in [0.1, 0.15) is 17.1 Å². The molecule has 0 saturated carbocycles. The Hall–Kier alpha value is -2.84. The van der Waals surface area contributed by atoms with Gasteiger partial charge in [-0.3, -0.25) is 4.79 Å². The second-order valence-electron chi connectivity index (χ2n) is 5.81. The Kier molecular flexibility index (Phi) is 4.16. The Morgan fingerprint density at radius 3 is 2.70 bits per heavy atom. The number of rotatable bonds is 4. The minimum absolute atomic E-state index is 0.0360. The zero-order valence-corrected chi connectivity index (χ0v) is 15.3.